The number of nitrogens with zero attached hydrogens (tertiary/aromatic N) is 1. The van der Waals surface area contributed by atoms with Crippen molar-refractivity contribution in [1.82, 2.24) is 0 Å². The Hall–Kier alpha value is -1.64. The Balaban J connectivity index is 2.93. The summed E-state index contributed by atoms with van der Waals surface area (Å²) >= 11 is 0. The van der Waals surface area contributed by atoms with Crippen LogP contribution in [0.4, 0.5) is 0 Å². The van der Waals surface area contributed by atoms with Crippen LogP contribution >= 0.6 is 0 Å². The van der Waals surface area contributed by atoms with Crippen LogP contribution in [0.2, 0.25) is 0 Å². The van der Waals surface area contributed by atoms with E-state index < -0.39 is 6.04 Å². The van der Waals surface area contributed by atoms with Gasteiger partial charge in [-0.05, 0) is 5.56 Å². The highest BCUT2D eigenvalue weighted by Crippen LogP contribution is 2.21. The maximum atomic E-state index is 10.6. The maximum absolute atomic E-state index is 10.6. The van der Waals surface area contributed by atoms with Gasteiger partial charge in [-0.15, -0.1) is 6.58 Å². The quantitative estimate of drug-likeness (QED) is 0.417. The SMILES string of the molecule is C=C[C@@H](c1ccccc1)[C@H](C)[N+](=O)[O-]. The van der Waals surface area contributed by atoms with E-state index >= 15 is 0 Å². The van der Waals surface area contributed by atoms with E-state index in [-0.39, 0.29) is 10.8 Å². The van der Waals surface area contributed by atoms with Crippen molar-refractivity contribution in [2.24, 2.45) is 0 Å². The van der Waals surface area contributed by atoms with E-state index in [2.05, 4.69) is 6.58 Å². The van der Waals surface area contributed by atoms with Crippen molar-refractivity contribution >= 4 is 0 Å². The molecule has 2 atom stereocenters. The van der Waals surface area contributed by atoms with Crippen molar-refractivity contribution in [2.75, 3.05) is 0 Å². The zero-order valence-electron chi connectivity index (χ0n) is 8.09. The van der Waals surface area contributed by atoms with Crippen LogP contribution in [-0.4, -0.2) is 11.0 Å². The summed E-state index contributed by atoms with van der Waals surface area (Å²) in [6.07, 6.45) is 1.63. The molecule has 1 rings (SSSR count). The van der Waals surface area contributed by atoms with E-state index in [9.17, 15) is 10.1 Å². The minimum absolute atomic E-state index is 0.216. The standard InChI is InChI=1S/C11H13NO2/c1-3-11(9(2)12(13)14)10-7-5-4-6-8-10/h3-9,11H,1H2,2H3/t9-,11+/m0/s1. The van der Waals surface area contributed by atoms with Crippen LogP contribution in [0.15, 0.2) is 43.0 Å². The number of benzene rings is 1. The second kappa shape index (κ2) is 4.56. The molecule has 0 spiro atoms. The summed E-state index contributed by atoms with van der Waals surface area (Å²) in [6.45, 7) is 5.23. The van der Waals surface area contributed by atoms with Crippen molar-refractivity contribution in [2.45, 2.75) is 18.9 Å². The lowest BCUT2D eigenvalue weighted by molar-refractivity contribution is -0.520. The third-order valence-electron chi connectivity index (χ3n) is 2.29. The van der Waals surface area contributed by atoms with Gasteiger partial charge < -0.3 is 0 Å². The molecule has 0 aliphatic heterocycles. The highest BCUT2D eigenvalue weighted by Gasteiger charge is 2.24. The zero-order valence-corrected chi connectivity index (χ0v) is 8.09. The largest absolute Gasteiger partial charge is 0.264 e. The molecule has 0 saturated carbocycles. The van der Waals surface area contributed by atoms with Crippen molar-refractivity contribution in [3.8, 4) is 0 Å². The third-order valence-corrected chi connectivity index (χ3v) is 2.29. The predicted molar refractivity (Wildman–Crippen MR) is 55.8 cm³/mol. The van der Waals surface area contributed by atoms with E-state index in [4.69, 9.17) is 0 Å². The van der Waals surface area contributed by atoms with Crippen molar-refractivity contribution in [3.63, 3.8) is 0 Å². The van der Waals surface area contributed by atoms with Crippen molar-refractivity contribution in [1.29, 1.82) is 0 Å². The van der Waals surface area contributed by atoms with Gasteiger partial charge in [-0.3, -0.25) is 10.1 Å². The summed E-state index contributed by atoms with van der Waals surface area (Å²) in [7, 11) is 0. The van der Waals surface area contributed by atoms with Crippen LogP contribution in [-0.2, 0) is 0 Å². The fourth-order valence-electron chi connectivity index (χ4n) is 1.42. The van der Waals surface area contributed by atoms with Crippen LogP contribution in [0.5, 0.6) is 0 Å². The van der Waals surface area contributed by atoms with E-state index in [1.165, 1.54) is 0 Å². The lowest BCUT2D eigenvalue weighted by atomic mass is 9.93. The molecule has 0 heterocycles. The highest BCUT2D eigenvalue weighted by molar-refractivity contribution is 5.24. The van der Waals surface area contributed by atoms with E-state index in [0.717, 1.165) is 5.56 Å². The molecule has 3 heteroatoms. The molecule has 0 N–H and O–H groups in total. The molecule has 14 heavy (non-hydrogen) atoms. The first-order valence-corrected chi connectivity index (χ1v) is 4.47. The van der Waals surface area contributed by atoms with E-state index in [1.54, 1.807) is 13.0 Å². The van der Waals surface area contributed by atoms with Gasteiger partial charge in [0.05, 0.1) is 5.92 Å². The Morgan fingerprint density at radius 3 is 2.43 bits per heavy atom. The van der Waals surface area contributed by atoms with Gasteiger partial charge in [0.25, 0.3) is 0 Å². The van der Waals surface area contributed by atoms with Gasteiger partial charge in [0.1, 0.15) is 0 Å². The van der Waals surface area contributed by atoms with Gasteiger partial charge in [0, 0.05) is 11.8 Å². The zero-order chi connectivity index (χ0) is 10.6. The van der Waals surface area contributed by atoms with Gasteiger partial charge >= 0.3 is 0 Å². The maximum Gasteiger partial charge on any atom is 0.220 e. The van der Waals surface area contributed by atoms with E-state index in [0.29, 0.717) is 0 Å². The molecule has 1 aromatic rings. The average Bonchev–Trinajstić information content (AvgIpc) is 2.20. The smallest absolute Gasteiger partial charge is 0.220 e. The minimum Gasteiger partial charge on any atom is -0.264 e. The first-order chi connectivity index (χ1) is 6.66. The molecule has 0 saturated heterocycles. The summed E-state index contributed by atoms with van der Waals surface area (Å²) in [5, 5.41) is 10.6. The van der Waals surface area contributed by atoms with E-state index in [1.807, 2.05) is 30.3 Å². The highest BCUT2D eigenvalue weighted by atomic mass is 16.6. The molecular weight excluding hydrogens is 178 g/mol. The lowest BCUT2D eigenvalue weighted by Gasteiger charge is -2.13. The van der Waals surface area contributed by atoms with Gasteiger partial charge in [-0.1, -0.05) is 36.4 Å². The molecule has 1 aromatic carbocycles. The molecule has 0 aromatic heterocycles. The molecule has 0 bridgehead atoms. The average molecular weight is 191 g/mol. The van der Waals surface area contributed by atoms with Crippen LogP contribution in [0.3, 0.4) is 0 Å². The second-order valence-electron chi connectivity index (χ2n) is 3.20. The molecular formula is C11H13NO2. The fourth-order valence-corrected chi connectivity index (χ4v) is 1.42. The molecule has 0 amide bonds. The summed E-state index contributed by atoms with van der Waals surface area (Å²) < 4.78 is 0. The van der Waals surface area contributed by atoms with Crippen LogP contribution in [0.25, 0.3) is 0 Å². The Labute approximate surface area is 83.2 Å². The van der Waals surface area contributed by atoms with Crippen molar-refractivity contribution < 1.29 is 4.92 Å². The molecule has 0 aliphatic carbocycles. The van der Waals surface area contributed by atoms with Gasteiger partial charge in [-0.25, -0.2) is 0 Å². The summed E-state index contributed by atoms with van der Waals surface area (Å²) in [5.74, 6) is -0.216. The minimum atomic E-state index is -0.630. The summed E-state index contributed by atoms with van der Waals surface area (Å²) in [5.41, 5.74) is 0.937. The number of hydrogen-bond acceptors (Lipinski definition) is 2. The Kier molecular flexibility index (Phi) is 3.40. The predicted octanol–water partition coefficient (Wildman–Crippen LogP) is 2.62. The molecule has 0 fully saturated rings. The monoisotopic (exact) mass is 191 g/mol. The van der Waals surface area contributed by atoms with Crippen molar-refractivity contribution in [3.05, 3.63) is 58.7 Å². The molecule has 3 nitrogen and oxygen atoms in total. The van der Waals surface area contributed by atoms with Gasteiger partial charge in [0.2, 0.25) is 6.04 Å². The first-order valence-electron chi connectivity index (χ1n) is 4.47. The number of hydrogen-bond donors (Lipinski definition) is 0. The summed E-state index contributed by atoms with van der Waals surface area (Å²) in [4.78, 5) is 10.4. The second-order valence-corrected chi connectivity index (χ2v) is 3.20. The third kappa shape index (κ3) is 2.19. The Morgan fingerprint density at radius 1 is 1.43 bits per heavy atom. The van der Waals surface area contributed by atoms with Crippen LogP contribution in [0.1, 0.15) is 18.4 Å². The topological polar surface area (TPSA) is 43.1 Å². The number of nitro groups is 1. The van der Waals surface area contributed by atoms with Crippen LogP contribution in [0, 0.1) is 10.1 Å². The molecule has 0 unspecified atom stereocenters. The first kappa shape index (κ1) is 10.4. The normalized spacial score (nSPS) is 14.4. The number of rotatable bonds is 4. The summed E-state index contributed by atoms with van der Waals surface area (Å²) in [6, 6.07) is 8.77. The Bertz CT molecular complexity index is 321. The molecule has 74 valence electrons. The van der Waals surface area contributed by atoms with Crippen LogP contribution < -0.4 is 0 Å². The molecule has 0 radical (unpaired) electrons. The fraction of sp³-hybridized carbons (Fsp3) is 0.273. The van der Waals surface area contributed by atoms with Gasteiger partial charge in [0.15, 0.2) is 0 Å². The molecule has 0 aliphatic rings. The lowest BCUT2D eigenvalue weighted by Crippen LogP contribution is -2.22. The van der Waals surface area contributed by atoms with Gasteiger partial charge in [-0.2, -0.15) is 0 Å². The Morgan fingerprint density at radius 2 is 2.00 bits per heavy atom.